The largest absolute Gasteiger partial charge is 0.486 e. The summed E-state index contributed by atoms with van der Waals surface area (Å²) in [5, 5.41) is 0. The van der Waals surface area contributed by atoms with Gasteiger partial charge in [0.05, 0.1) is 0 Å². The molecule has 24 heavy (non-hydrogen) atoms. The molecule has 0 aliphatic carbocycles. The lowest BCUT2D eigenvalue weighted by atomic mass is 9.96. The molecule has 0 radical (unpaired) electrons. The normalized spacial score (nSPS) is 10.5. The van der Waals surface area contributed by atoms with Crippen molar-refractivity contribution in [2.24, 2.45) is 0 Å². The minimum Gasteiger partial charge on any atom is -0.486 e. The third kappa shape index (κ3) is 4.79. The molecule has 2 aromatic carbocycles. The Balaban J connectivity index is 2.02. The van der Waals surface area contributed by atoms with Crippen LogP contribution in [0, 0.1) is 20.8 Å². The Bertz CT molecular complexity index is 736. The van der Waals surface area contributed by atoms with Gasteiger partial charge in [0.1, 0.15) is 12.4 Å². The van der Waals surface area contributed by atoms with E-state index in [0.29, 0.717) is 17.7 Å². The van der Waals surface area contributed by atoms with Gasteiger partial charge in [-0.3, -0.25) is 9.59 Å². The minimum atomic E-state index is -0.0446. The van der Waals surface area contributed by atoms with Gasteiger partial charge in [0.25, 0.3) is 0 Å². The zero-order chi connectivity index (χ0) is 17.7. The summed E-state index contributed by atoms with van der Waals surface area (Å²) in [6.07, 6.45) is 1.18. The topological polar surface area (TPSA) is 43.4 Å². The van der Waals surface area contributed by atoms with Crippen molar-refractivity contribution in [1.29, 1.82) is 0 Å². The quantitative estimate of drug-likeness (QED) is 0.709. The Labute approximate surface area is 143 Å². The number of carbonyl (C=O) groups is 2. The maximum atomic E-state index is 12.4. The van der Waals surface area contributed by atoms with Crippen LogP contribution in [0.2, 0.25) is 0 Å². The smallest absolute Gasteiger partial charge is 0.167 e. The van der Waals surface area contributed by atoms with Gasteiger partial charge in [-0.1, -0.05) is 24.3 Å². The number of aryl methyl sites for hydroxylation is 3. The van der Waals surface area contributed by atoms with Gasteiger partial charge in [-0.2, -0.15) is 0 Å². The number of rotatable bonds is 7. The van der Waals surface area contributed by atoms with Crippen molar-refractivity contribution in [3.8, 4) is 5.75 Å². The number of carbonyl (C=O) groups excluding carboxylic acids is 2. The molecular weight excluding hydrogens is 300 g/mol. The van der Waals surface area contributed by atoms with Crippen molar-refractivity contribution >= 4 is 11.6 Å². The molecule has 0 aromatic heterocycles. The second-order valence-corrected chi connectivity index (χ2v) is 6.30. The van der Waals surface area contributed by atoms with Crippen LogP contribution in [0.25, 0.3) is 0 Å². The van der Waals surface area contributed by atoms with Crippen LogP contribution in [0.15, 0.2) is 36.4 Å². The molecule has 0 unspecified atom stereocenters. The number of benzene rings is 2. The molecule has 0 aliphatic heterocycles. The monoisotopic (exact) mass is 324 g/mol. The maximum Gasteiger partial charge on any atom is 0.167 e. The van der Waals surface area contributed by atoms with Gasteiger partial charge in [0.2, 0.25) is 0 Å². The number of ketones is 2. The summed E-state index contributed by atoms with van der Waals surface area (Å²) in [5.74, 6) is 0.592. The van der Waals surface area contributed by atoms with E-state index in [4.69, 9.17) is 4.74 Å². The second kappa shape index (κ2) is 7.91. The maximum absolute atomic E-state index is 12.4. The van der Waals surface area contributed by atoms with Gasteiger partial charge in [-0.25, -0.2) is 0 Å². The number of ether oxygens (including phenoxy) is 1. The first-order valence-electron chi connectivity index (χ1n) is 8.19. The van der Waals surface area contributed by atoms with E-state index >= 15 is 0 Å². The van der Waals surface area contributed by atoms with Gasteiger partial charge in [0, 0.05) is 12.0 Å². The van der Waals surface area contributed by atoms with Crippen LogP contribution < -0.4 is 4.74 Å². The molecule has 3 nitrogen and oxygen atoms in total. The highest BCUT2D eigenvalue weighted by Gasteiger charge is 2.09. The first-order valence-corrected chi connectivity index (χ1v) is 8.19. The summed E-state index contributed by atoms with van der Waals surface area (Å²) < 4.78 is 5.36. The molecule has 126 valence electrons. The fraction of sp³-hybridized carbons (Fsp3) is 0.333. The third-order valence-electron chi connectivity index (χ3n) is 4.23. The van der Waals surface area contributed by atoms with Crippen LogP contribution in [0.3, 0.4) is 0 Å². The van der Waals surface area contributed by atoms with Crippen LogP contribution in [0.5, 0.6) is 5.75 Å². The van der Waals surface area contributed by atoms with E-state index in [-0.39, 0.29) is 18.2 Å². The molecule has 0 aliphatic rings. The fourth-order valence-electron chi connectivity index (χ4n) is 2.62. The van der Waals surface area contributed by atoms with Crippen molar-refractivity contribution in [2.75, 3.05) is 6.61 Å². The molecule has 0 N–H and O–H groups in total. The Kier molecular flexibility index (Phi) is 5.91. The van der Waals surface area contributed by atoms with Gasteiger partial charge in [0.15, 0.2) is 11.6 Å². The van der Waals surface area contributed by atoms with E-state index in [1.54, 1.807) is 24.3 Å². The lowest BCUT2D eigenvalue weighted by Crippen LogP contribution is -2.07. The predicted molar refractivity (Wildman–Crippen MR) is 95.9 cm³/mol. The molecule has 2 rings (SSSR count). The Hall–Kier alpha value is -2.42. The Morgan fingerprint density at radius 2 is 1.67 bits per heavy atom. The molecule has 0 bridgehead atoms. The molecule has 0 spiro atoms. The van der Waals surface area contributed by atoms with E-state index in [1.807, 2.05) is 0 Å². The number of Topliss-reactive ketones (excluding diaryl/α,β-unsaturated/α-hetero) is 2. The highest BCUT2D eigenvalue weighted by atomic mass is 16.5. The van der Waals surface area contributed by atoms with Gasteiger partial charge in [-0.15, -0.1) is 0 Å². The highest BCUT2D eigenvalue weighted by molar-refractivity contribution is 5.96. The molecule has 3 heteroatoms. The minimum absolute atomic E-state index is 0.0273. The molecule has 0 fully saturated rings. The summed E-state index contributed by atoms with van der Waals surface area (Å²) in [6, 6.07) is 11.3. The van der Waals surface area contributed by atoms with E-state index in [1.165, 1.54) is 29.2 Å². The molecule has 0 atom stereocenters. The lowest BCUT2D eigenvalue weighted by Gasteiger charge is -2.09. The van der Waals surface area contributed by atoms with Crippen LogP contribution in [0.4, 0.5) is 0 Å². The van der Waals surface area contributed by atoms with Crippen LogP contribution >= 0.6 is 0 Å². The molecular formula is C21H24O3. The van der Waals surface area contributed by atoms with Crippen molar-refractivity contribution < 1.29 is 14.3 Å². The van der Waals surface area contributed by atoms with Gasteiger partial charge in [-0.05, 0) is 68.5 Å². The van der Waals surface area contributed by atoms with Crippen LogP contribution in [0.1, 0.15) is 46.0 Å². The summed E-state index contributed by atoms with van der Waals surface area (Å²) in [4.78, 5) is 23.4. The molecule has 0 saturated carbocycles. The predicted octanol–water partition coefficient (Wildman–Crippen LogP) is 4.40. The van der Waals surface area contributed by atoms with E-state index in [9.17, 15) is 9.59 Å². The molecule has 2 aromatic rings. The van der Waals surface area contributed by atoms with E-state index in [2.05, 4.69) is 32.9 Å². The average Bonchev–Trinajstić information content (AvgIpc) is 2.55. The van der Waals surface area contributed by atoms with Gasteiger partial charge >= 0.3 is 0 Å². The summed E-state index contributed by atoms with van der Waals surface area (Å²) >= 11 is 0. The zero-order valence-electron chi connectivity index (χ0n) is 14.8. The van der Waals surface area contributed by atoms with Gasteiger partial charge < -0.3 is 4.74 Å². The van der Waals surface area contributed by atoms with Crippen molar-refractivity contribution in [2.45, 2.75) is 40.5 Å². The van der Waals surface area contributed by atoms with Crippen molar-refractivity contribution in [1.82, 2.24) is 0 Å². The van der Waals surface area contributed by atoms with E-state index < -0.39 is 0 Å². The average molecular weight is 324 g/mol. The Morgan fingerprint density at radius 1 is 1.00 bits per heavy atom. The highest BCUT2D eigenvalue weighted by Crippen LogP contribution is 2.19. The van der Waals surface area contributed by atoms with E-state index in [0.717, 1.165) is 6.42 Å². The lowest BCUT2D eigenvalue weighted by molar-refractivity contribution is -0.118. The van der Waals surface area contributed by atoms with Crippen LogP contribution in [-0.4, -0.2) is 18.2 Å². The molecule has 0 amide bonds. The third-order valence-corrected chi connectivity index (χ3v) is 4.23. The SMILES string of the molecule is CC(=O)COc1cccc(C(=O)CCc2cc(C)c(C)c(C)c2)c1. The standard InChI is InChI=1S/C21H24O3/c1-14-10-18(11-15(2)17(14)4)8-9-21(23)19-6-5-7-20(12-19)24-13-16(3)22/h5-7,10-12H,8-9,13H2,1-4H3. The second-order valence-electron chi connectivity index (χ2n) is 6.30. The first-order chi connectivity index (χ1) is 11.4. The van der Waals surface area contributed by atoms with Crippen molar-refractivity contribution in [3.05, 3.63) is 64.2 Å². The zero-order valence-corrected chi connectivity index (χ0v) is 14.8. The Morgan fingerprint density at radius 3 is 2.29 bits per heavy atom. The van der Waals surface area contributed by atoms with Crippen molar-refractivity contribution in [3.63, 3.8) is 0 Å². The molecule has 0 heterocycles. The summed E-state index contributed by atoms with van der Waals surface area (Å²) in [7, 11) is 0. The number of hydrogen-bond acceptors (Lipinski definition) is 3. The number of hydrogen-bond donors (Lipinski definition) is 0. The first kappa shape index (κ1) is 17.9. The summed E-state index contributed by atoms with van der Waals surface area (Å²) in [6.45, 7) is 7.82. The fourth-order valence-corrected chi connectivity index (χ4v) is 2.62. The summed E-state index contributed by atoms with van der Waals surface area (Å²) in [5.41, 5.74) is 5.64. The molecule has 0 saturated heterocycles. The van der Waals surface area contributed by atoms with Crippen LogP contribution in [-0.2, 0) is 11.2 Å².